The largest absolute Gasteiger partial charge is 0.309 e. The second-order valence-corrected chi connectivity index (χ2v) is 17.3. The van der Waals surface area contributed by atoms with Gasteiger partial charge in [0.2, 0.25) is 5.95 Å². The minimum absolute atomic E-state index is 0.547. The maximum atomic E-state index is 5.43. The Morgan fingerprint density at radius 1 is 0.221 bits per heavy atom. The molecule has 68 heavy (non-hydrogen) atoms. The predicted molar refractivity (Wildman–Crippen MR) is 281 cm³/mol. The predicted octanol–water partition coefficient (Wildman–Crippen LogP) is 16.1. The van der Waals surface area contributed by atoms with Crippen LogP contribution in [0.4, 0.5) is 0 Å². The highest BCUT2D eigenvalue weighted by molar-refractivity contribution is 6.20. The van der Waals surface area contributed by atoms with Crippen LogP contribution in [0.25, 0.3) is 123 Å². The standard InChI is InChI=1S/C63H41N5/c1-6-18-42(19-7-1)46-26-16-27-47(36-46)48-28-17-29-51(37-48)62-64-61(45-24-12-4-13-25-45)65-63(66-62)68-58-35-33-50(44-22-10-3-11-23-44)39-54(58)56-40-55-53-38-49(43-20-8-2-9-21-43)32-34-57(53)67(59(55)41-60(56)68)52-30-14-5-15-31-52/h1-41H. The first-order valence-corrected chi connectivity index (χ1v) is 23.0. The van der Waals surface area contributed by atoms with Gasteiger partial charge < -0.3 is 4.57 Å². The van der Waals surface area contributed by atoms with Gasteiger partial charge in [0.15, 0.2) is 11.6 Å². The number of hydrogen-bond donors (Lipinski definition) is 0. The van der Waals surface area contributed by atoms with E-state index in [9.17, 15) is 0 Å². The first-order chi connectivity index (χ1) is 33.7. The van der Waals surface area contributed by atoms with Crippen LogP contribution in [0.2, 0.25) is 0 Å². The van der Waals surface area contributed by atoms with Crippen molar-refractivity contribution in [3.8, 4) is 78.9 Å². The zero-order valence-electron chi connectivity index (χ0n) is 36.9. The van der Waals surface area contributed by atoms with Crippen LogP contribution < -0.4 is 0 Å². The highest BCUT2D eigenvalue weighted by atomic mass is 15.2. The lowest BCUT2D eigenvalue weighted by Gasteiger charge is -2.12. The van der Waals surface area contributed by atoms with Crippen LogP contribution in [0.3, 0.4) is 0 Å². The summed E-state index contributed by atoms with van der Waals surface area (Å²) in [6.45, 7) is 0. The van der Waals surface area contributed by atoms with Crippen LogP contribution in [-0.2, 0) is 0 Å². The van der Waals surface area contributed by atoms with Crippen LogP contribution in [0.5, 0.6) is 0 Å². The summed E-state index contributed by atoms with van der Waals surface area (Å²) in [6, 6.07) is 88.3. The van der Waals surface area contributed by atoms with Gasteiger partial charge in [-0.2, -0.15) is 9.97 Å². The fraction of sp³-hybridized carbons (Fsp3) is 0. The van der Waals surface area contributed by atoms with Crippen molar-refractivity contribution in [2.24, 2.45) is 0 Å². The summed E-state index contributed by atoms with van der Waals surface area (Å²) in [5.41, 5.74) is 16.4. The zero-order valence-corrected chi connectivity index (χ0v) is 36.9. The van der Waals surface area contributed by atoms with Gasteiger partial charge in [-0.05, 0) is 105 Å². The minimum atomic E-state index is 0.547. The monoisotopic (exact) mass is 867 g/mol. The van der Waals surface area contributed by atoms with E-state index in [-0.39, 0.29) is 0 Å². The zero-order chi connectivity index (χ0) is 45.0. The molecule has 0 N–H and O–H groups in total. The van der Waals surface area contributed by atoms with E-state index in [0.29, 0.717) is 17.6 Å². The Morgan fingerprint density at radius 3 is 1.12 bits per heavy atom. The molecule has 0 radical (unpaired) electrons. The maximum absolute atomic E-state index is 5.43. The Hall–Kier alpha value is -9.19. The quantitative estimate of drug-likeness (QED) is 0.153. The molecule has 0 unspecified atom stereocenters. The van der Waals surface area contributed by atoms with Crippen molar-refractivity contribution in [2.45, 2.75) is 0 Å². The summed E-state index contributed by atoms with van der Waals surface area (Å²) in [4.78, 5) is 16.0. The molecule has 13 rings (SSSR count). The van der Waals surface area contributed by atoms with E-state index in [1.54, 1.807) is 0 Å². The third kappa shape index (κ3) is 6.84. The Bertz CT molecular complexity index is 3990. The lowest BCUT2D eigenvalue weighted by molar-refractivity contribution is 0.953. The second-order valence-electron chi connectivity index (χ2n) is 17.3. The summed E-state index contributed by atoms with van der Waals surface area (Å²) in [5.74, 6) is 1.75. The second kappa shape index (κ2) is 16.4. The van der Waals surface area contributed by atoms with Crippen molar-refractivity contribution in [3.05, 3.63) is 249 Å². The molecule has 0 fully saturated rings. The van der Waals surface area contributed by atoms with Gasteiger partial charge in [0.05, 0.1) is 22.1 Å². The van der Waals surface area contributed by atoms with Crippen molar-refractivity contribution >= 4 is 43.6 Å². The van der Waals surface area contributed by atoms with E-state index in [1.165, 1.54) is 33.0 Å². The van der Waals surface area contributed by atoms with E-state index < -0.39 is 0 Å². The van der Waals surface area contributed by atoms with E-state index in [4.69, 9.17) is 15.0 Å². The first-order valence-electron chi connectivity index (χ1n) is 23.0. The molecule has 0 saturated heterocycles. The molecule has 0 amide bonds. The third-order valence-electron chi connectivity index (χ3n) is 13.2. The van der Waals surface area contributed by atoms with Crippen molar-refractivity contribution < 1.29 is 0 Å². The third-order valence-corrected chi connectivity index (χ3v) is 13.2. The minimum Gasteiger partial charge on any atom is -0.309 e. The number of hydrogen-bond acceptors (Lipinski definition) is 3. The molecule has 10 aromatic carbocycles. The Kier molecular flexibility index (Phi) is 9.43. The first kappa shape index (κ1) is 39.2. The number of benzene rings is 10. The van der Waals surface area contributed by atoms with Crippen LogP contribution in [0.15, 0.2) is 249 Å². The van der Waals surface area contributed by atoms with Crippen LogP contribution in [0, 0.1) is 0 Å². The molecule has 5 heteroatoms. The number of nitrogens with zero attached hydrogens (tertiary/aromatic N) is 5. The number of fused-ring (bicyclic) bond motifs is 6. The van der Waals surface area contributed by atoms with E-state index >= 15 is 0 Å². The van der Waals surface area contributed by atoms with Gasteiger partial charge in [0.25, 0.3) is 0 Å². The summed E-state index contributed by atoms with van der Waals surface area (Å²) in [6.07, 6.45) is 0. The fourth-order valence-electron chi connectivity index (χ4n) is 9.88. The Balaban J connectivity index is 1.08. The summed E-state index contributed by atoms with van der Waals surface area (Å²) >= 11 is 0. The molecule has 3 heterocycles. The Labute approximate surface area is 393 Å². The molecule has 0 spiro atoms. The molecule has 0 bridgehead atoms. The SMILES string of the molecule is c1ccc(-c2cccc(-c3cccc(-c4nc(-c5ccccc5)nc(-n5c6ccc(-c7ccccc7)cc6c6cc7c8cc(-c9ccccc9)ccc8n(-c8ccccc8)c7cc65)n4)c3)c2)cc1. The molecule has 13 aromatic rings. The average Bonchev–Trinajstić information content (AvgIpc) is 3.92. The molecular weight excluding hydrogens is 827 g/mol. The molecule has 3 aromatic heterocycles. The van der Waals surface area contributed by atoms with Gasteiger partial charge in [-0.3, -0.25) is 4.57 Å². The number of para-hydroxylation sites is 1. The summed E-state index contributed by atoms with van der Waals surface area (Å²) in [7, 11) is 0. The summed E-state index contributed by atoms with van der Waals surface area (Å²) in [5, 5.41) is 4.60. The van der Waals surface area contributed by atoms with E-state index in [1.807, 2.05) is 18.2 Å². The van der Waals surface area contributed by atoms with Crippen LogP contribution in [0.1, 0.15) is 0 Å². The van der Waals surface area contributed by atoms with Gasteiger partial charge in [-0.1, -0.05) is 188 Å². The lowest BCUT2D eigenvalue weighted by atomic mass is 9.98. The van der Waals surface area contributed by atoms with Crippen molar-refractivity contribution in [1.29, 1.82) is 0 Å². The molecular formula is C63H41N5. The molecule has 318 valence electrons. The van der Waals surface area contributed by atoms with Gasteiger partial charge in [0, 0.05) is 38.4 Å². The van der Waals surface area contributed by atoms with Crippen molar-refractivity contribution in [1.82, 2.24) is 24.1 Å². The van der Waals surface area contributed by atoms with Crippen LogP contribution in [-0.4, -0.2) is 24.1 Å². The van der Waals surface area contributed by atoms with Crippen molar-refractivity contribution in [3.63, 3.8) is 0 Å². The normalized spacial score (nSPS) is 11.5. The van der Waals surface area contributed by atoms with Gasteiger partial charge in [-0.25, -0.2) is 4.98 Å². The van der Waals surface area contributed by atoms with Crippen molar-refractivity contribution in [2.75, 3.05) is 0 Å². The molecule has 5 nitrogen and oxygen atoms in total. The van der Waals surface area contributed by atoms with Gasteiger partial charge in [0.1, 0.15) is 0 Å². The molecule has 0 aliphatic carbocycles. The maximum Gasteiger partial charge on any atom is 0.238 e. The summed E-state index contributed by atoms with van der Waals surface area (Å²) < 4.78 is 4.63. The lowest BCUT2D eigenvalue weighted by Crippen LogP contribution is -2.06. The molecule has 0 aliphatic rings. The van der Waals surface area contributed by atoms with E-state index in [2.05, 4.69) is 240 Å². The van der Waals surface area contributed by atoms with E-state index in [0.717, 1.165) is 71.9 Å². The number of rotatable bonds is 8. The molecule has 0 aliphatic heterocycles. The topological polar surface area (TPSA) is 48.5 Å². The average molecular weight is 868 g/mol. The molecule has 0 atom stereocenters. The molecule has 0 saturated carbocycles. The smallest absolute Gasteiger partial charge is 0.238 e. The highest BCUT2D eigenvalue weighted by Gasteiger charge is 2.22. The highest BCUT2D eigenvalue weighted by Crippen LogP contribution is 2.42. The van der Waals surface area contributed by atoms with Crippen LogP contribution >= 0.6 is 0 Å². The fourth-order valence-corrected chi connectivity index (χ4v) is 9.88. The Morgan fingerprint density at radius 2 is 0.588 bits per heavy atom. The number of aromatic nitrogens is 5. The van der Waals surface area contributed by atoms with Gasteiger partial charge >= 0.3 is 0 Å². The van der Waals surface area contributed by atoms with Gasteiger partial charge in [-0.15, -0.1) is 0 Å².